The van der Waals surface area contributed by atoms with Gasteiger partial charge in [0.15, 0.2) is 0 Å². The van der Waals surface area contributed by atoms with Crippen LogP contribution in [0.4, 0.5) is 0 Å². The standard InChI is InChI=1S/C38H44N6O14/c1-53-36(50)26-15-25(16-27(17-26)37(51)54-2)34(48)42-12-11-41-33(47)23-5-3-7-28(18-23)57-21-30(39)56-14-13-55-22-31(46)40-10-4-6-24-19-44(38(52)43-35(24)49)32-9-8-29(20-45)58-32/h3,5,7,15-19,29-30,32,45H,8-14,20-22,39H2,1-2H3,(H,40,46)(H,41,47)(H,42,48)(H,43,49,52). The van der Waals surface area contributed by atoms with E-state index < -0.39 is 53.4 Å². The lowest BCUT2D eigenvalue weighted by Gasteiger charge is -2.15. The maximum absolute atomic E-state index is 12.7. The largest absolute Gasteiger partial charge is 0.489 e. The summed E-state index contributed by atoms with van der Waals surface area (Å²) in [6.45, 7) is -0.468. The second kappa shape index (κ2) is 22.4. The number of carbonyl (C=O) groups is 5. The molecular weight excluding hydrogens is 764 g/mol. The molecule has 20 heteroatoms. The van der Waals surface area contributed by atoms with Crippen molar-refractivity contribution in [3.63, 3.8) is 0 Å². The minimum Gasteiger partial charge on any atom is -0.489 e. The first-order valence-corrected chi connectivity index (χ1v) is 17.9. The Labute approximate surface area is 331 Å². The van der Waals surface area contributed by atoms with Crippen molar-refractivity contribution in [2.45, 2.75) is 31.4 Å². The zero-order chi connectivity index (χ0) is 42.0. The number of aromatic nitrogens is 2. The van der Waals surface area contributed by atoms with Gasteiger partial charge in [-0.25, -0.2) is 14.4 Å². The number of nitrogens with one attached hydrogen (secondary N) is 4. The molecule has 0 aliphatic carbocycles. The van der Waals surface area contributed by atoms with E-state index in [2.05, 4.69) is 42.2 Å². The molecule has 2 aromatic carbocycles. The smallest absolute Gasteiger partial charge is 0.337 e. The van der Waals surface area contributed by atoms with Crippen molar-refractivity contribution in [1.82, 2.24) is 25.5 Å². The minimum absolute atomic E-state index is 0.00966. The van der Waals surface area contributed by atoms with Crippen LogP contribution in [-0.2, 0) is 28.5 Å². The fourth-order valence-electron chi connectivity index (χ4n) is 5.31. The van der Waals surface area contributed by atoms with Crippen LogP contribution in [0.25, 0.3) is 0 Å². The fourth-order valence-corrected chi connectivity index (χ4v) is 5.31. The summed E-state index contributed by atoms with van der Waals surface area (Å²) in [6.07, 6.45) is 0.457. The van der Waals surface area contributed by atoms with Crippen molar-refractivity contribution < 1.29 is 57.5 Å². The van der Waals surface area contributed by atoms with Gasteiger partial charge in [0.1, 0.15) is 37.0 Å². The number of rotatable bonds is 19. The van der Waals surface area contributed by atoms with Gasteiger partial charge in [-0.2, -0.15) is 0 Å². The highest BCUT2D eigenvalue weighted by atomic mass is 16.6. The molecule has 0 bridgehead atoms. The summed E-state index contributed by atoms with van der Waals surface area (Å²) in [5.41, 5.74) is 4.90. The molecule has 3 atom stereocenters. The van der Waals surface area contributed by atoms with Crippen molar-refractivity contribution in [1.29, 1.82) is 0 Å². The predicted octanol–water partition coefficient (Wildman–Crippen LogP) is -1.20. The molecule has 1 fully saturated rings. The fraction of sp³-hybridized carbons (Fsp3) is 0.395. The highest BCUT2D eigenvalue weighted by Crippen LogP contribution is 2.26. The van der Waals surface area contributed by atoms with Gasteiger partial charge in [-0.15, -0.1) is 0 Å². The first-order chi connectivity index (χ1) is 27.9. The minimum atomic E-state index is -0.861. The zero-order valence-corrected chi connectivity index (χ0v) is 31.7. The summed E-state index contributed by atoms with van der Waals surface area (Å²) < 4.78 is 32.6. The van der Waals surface area contributed by atoms with Crippen LogP contribution in [0, 0.1) is 11.8 Å². The Hall–Kier alpha value is -6.37. The van der Waals surface area contributed by atoms with Crippen molar-refractivity contribution >= 4 is 29.7 Å². The SMILES string of the molecule is COC(=O)c1cc(C(=O)NCCNC(=O)c2cccc(OCC(N)OCCOCC(=O)NCC#Cc3cn(C4CCC(CO)O4)c(=O)[nH]c3=O)c2)cc(C(=O)OC)c1. The number of esters is 2. The van der Waals surface area contributed by atoms with Crippen molar-refractivity contribution in [2.75, 3.05) is 66.9 Å². The van der Waals surface area contributed by atoms with Gasteiger partial charge < -0.3 is 55.2 Å². The van der Waals surface area contributed by atoms with Crippen LogP contribution in [0.3, 0.4) is 0 Å². The Morgan fingerprint density at radius 3 is 2.26 bits per heavy atom. The van der Waals surface area contributed by atoms with Gasteiger partial charge in [-0.1, -0.05) is 17.9 Å². The van der Waals surface area contributed by atoms with Crippen LogP contribution in [-0.4, -0.2) is 124 Å². The number of H-pyrrole nitrogens is 1. The highest BCUT2D eigenvalue weighted by molar-refractivity contribution is 6.02. The predicted molar refractivity (Wildman–Crippen MR) is 202 cm³/mol. The number of ether oxygens (including phenoxy) is 6. The lowest BCUT2D eigenvalue weighted by molar-refractivity contribution is -0.126. The summed E-state index contributed by atoms with van der Waals surface area (Å²) in [6, 6.07) is 10.1. The number of nitrogens with two attached hydrogens (primary N) is 1. The second-order valence-corrected chi connectivity index (χ2v) is 12.4. The molecule has 2 heterocycles. The van der Waals surface area contributed by atoms with Crippen LogP contribution < -0.4 is 37.7 Å². The highest BCUT2D eigenvalue weighted by Gasteiger charge is 2.27. The third kappa shape index (κ3) is 13.4. The number of carbonyl (C=O) groups excluding carboxylic acids is 5. The van der Waals surface area contributed by atoms with Gasteiger partial charge in [0, 0.05) is 30.4 Å². The van der Waals surface area contributed by atoms with Crippen LogP contribution in [0.1, 0.15) is 66.1 Å². The van der Waals surface area contributed by atoms with Gasteiger partial charge in [0.25, 0.3) is 17.4 Å². The number of hydrogen-bond donors (Lipinski definition) is 6. The summed E-state index contributed by atoms with van der Waals surface area (Å²) >= 11 is 0. The third-order valence-electron chi connectivity index (χ3n) is 8.20. The van der Waals surface area contributed by atoms with E-state index in [9.17, 15) is 38.7 Å². The number of methoxy groups -OCH3 is 2. The van der Waals surface area contributed by atoms with Gasteiger partial charge >= 0.3 is 17.6 Å². The van der Waals surface area contributed by atoms with E-state index in [1.54, 1.807) is 18.2 Å². The maximum atomic E-state index is 12.7. The first-order valence-electron chi connectivity index (χ1n) is 17.9. The van der Waals surface area contributed by atoms with E-state index >= 15 is 0 Å². The molecule has 310 valence electrons. The van der Waals surface area contributed by atoms with E-state index in [4.69, 9.17) is 24.7 Å². The van der Waals surface area contributed by atoms with E-state index in [-0.39, 0.29) is 86.6 Å². The molecule has 7 N–H and O–H groups in total. The van der Waals surface area contributed by atoms with E-state index in [0.717, 1.165) is 0 Å². The normalized spacial score (nSPS) is 15.0. The first kappa shape index (κ1) is 44.3. The monoisotopic (exact) mass is 808 g/mol. The molecular formula is C38H44N6O14. The lowest BCUT2D eigenvalue weighted by Crippen LogP contribution is -2.35. The van der Waals surface area contributed by atoms with Crippen LogP contribution in [0.15, 0.2) is 58.3 Å². The summed E-state index contributed by atoms with van der Waals surface area (Å²) in [4.78, 5) is 88.1. The van der Waals surface area contributed by atoms with Crippen molar-refractivity contribution in [2.24, 2.45) is 5.73 Å². The average molecular weight is 809 g/mol. The molecule has 3 amide bonds. The third-order valence-corrected chi connectivity index (χ3v) is 8.20. The summed E-state index contributed by atoms with van der Waals surface area (Å²) in [7, 11) is 2.33. The number of hydrogen-bond acceptors (Lipinski definition) is 15. The Morgan fingerprint density at radius 1 is 0.931 bits per heavy atom. The average Bonchev–Trinajstić information content (AvgIpc) is 3.72. The number of aliphatic hydroxyl groups is 1. The summed E-state index contributed by atoms with van der Waals surface area (Å²) in [5, 5.41) is 17.1. The van der Waals surface area contributed by atoms with E-state index in [1.165, 1.54) is 49.2 Å². The molecule has 0 saturated carbocycles. The molecule has 20 nitrogen and oxygen atoms in total. The van der Waals surface area contributed by atoms with Gasteiger partial charge in [0.2, 0.25) is 5.91 Å². The van der Waals surface area contributed by atoms with Crippen LogP contribution in [0.5, 0.6) is 5.75 Å². The Bertz CT molecular complexity index is 2090. The molecule has 3 aromatic rings. The van der Waals surface area contributed by atoms with Crippen molar-refractivity contribution in [3.8, 4) is 17.6 Å². The molecule has 1 aliphatic rings. The molecule has 0 spiro atoms. The lowest BCUT2D eigenvalue weighted by atomic mass is 10.0. The van der Waals surface area contributed by atoms with E-state index in [0.29, 0.717) is 18.6 Å². The van der Waals surface area contributed by atoms with Crippen LogP contribution >= 0.6 is 0 Å². The number of amides is 3. The van der Waals surface area contributed by atoms with Gasteiger partial charge in [-0.05, 0) is 49.2 Å². The Balaban J connectivity index is 1.10. The molecule has 1 saturated heterocycles. The summed E-state index contributed by atoms with van der Waals surface area (Å²) in [5.74, 6) is 2.62. The van der Waals surface area contributed by atoms with E-state index in [1.807, 2.05) is 0 Å². The number of aromatic amines is 1. The van der Waals surface area contributed by atoms with Crippen molar-refractivity contribution in [3.05, 3.63) is 97.3 Å². The quantitative estimate of drug-likeness (QED) is 0.0359. The molecule has 0 radical (unpaired) electrons. The maximum Gasteiger partial charge on any atom is 0.337 e. The topological polar surface area (TPSA) is 278 Å². The zero-order valence-electron chi connectivity index (χ0n) is 31.7. The molecule has 1 aliphatic heterocycles. The van der Waals surface area contributed by atoms with Gasteiger partial charge in [0.05, 0.1) is 57.8 Å². The molecule has 1 aromatic heterocycles. The number of nitrogens with zero attached hydrogens (tertiary/aromatic N) is 1. The van der Waals surface area contributed by atoms with Gasteiger partial charge in [-0.3, -0.25) is 28.7 Å². The molecule has 58 heavy (non-hydrogen) atoms. The number of aliphatic hydroxyl groups excluding tert-OH is 1. The Morgan fingerprint density at radius 2 is 1.60 bits per heavy atom. The van der Waals surface area contributed by atoms with Crippen LogP contribution in [0.2, 0.25) is 0 Å². The second-order valence-electron chi connectivity index (χ2n) is 12.4. The Kier molecular flexibility index (Phi) is 17.1. The number of benzene rings is 2. The molecule has 4 rings (SSSR count). The molecule has 3 unspecified atom stereocenters.